The van der Waals surface area contributed by atoms with Crippen molar-refractivity contribution in [3.8, 4) is 22.4 Å². The van der Waals surface area contributed by atoms with Gasteiger partial charge in [-0.2, -0.15) is 0 Å². The lowest BCUT2D eigenvalue weighted by atomic mass is 9.83. The Hall–Kier alpha value is -5.90. The fourth-order valence-corrected chi connectivity index (χ4v) is 10.1. The molecule has 2 N–H and O–H groups in total. The van der Waals surface area contributed by atoms with Crippen LogP contribution in [0.3, 0.4) is 0 Å². The SMILES string of the molecule is C=CC(=O)N1CC[C@H](C(=O)N(C)[C@H](C(=O)N[C@H]2Cc3cccc(c3)-c3ccc4c(c3)c(c(-c3ccncc3[C@H](C)OC)n4CC)CC(C)(C)COC(=O)[C@@H]3CCCN(N3)C2=O)C2COC2)C1. The van der Waals surface area contributed by atoms with E-state index in [1.807, 2.05) is 31.5 Å². The van der Waals surface area contributed by atoms with Crippen LogP contribution in [0.2, 0.25) is 0 Å². The standard InChI is InChI=1S/C51H63N7O8/c1-8-44(59)56-21-18-35(27-56)48(61)55(6)45(36-28-65-29-36)47(60)53-42-23-32-12-10-13-33(22-32)34-15-16-43-38(24-34)39(46(57(43)9-2)37-17-19-52-26-40(37)31(3)64-7)25-51(4,5)30-66-50(63)41-14-11-20-58(54-41)49(42)62/h8,10,12-13,15-17,19,22,24,26,31,35-36,41-42,45,54H,1,9,11,14,18,20-21,23,25,27-30H2,2-7H3,(H,53,60)/t31-,35-,41-,42-,45-/m0/s1. The molecule has 4 aliphatic heterocycles. The van der Waals surface area contributed by atoms with E-state index in [2.05, 4.69) is 84.0 Å². The largest absolute Gasteiger partial charge is 0.464 e. The lowest BCUT2D eigenvalue weighted by Gasteiger charge is -2.40. The number of cyclic esters (lactones) is 1. The van der Waals surface area contributed by atoms with Gasteiger partial charge in [0.15, 0.2) is 0 Å². The Morgan fingerprint density at radius 1 is 1.09 bits per heavy atom. The summed E-state index contributed by atoms with van der Waals surface area (Å²) >= 11 is 0. The van der Waals surface area contributed by atoms with Gasteiger partial charge in [0.2, 0.25) is 17.7 Å². The first kappa shape index (κ1) is 46.6. The van der Waals surface area contributed by atoms with E-state index in [1.165, 1.54) is 16.0 Å². The molecule has 3 saturated heterocycles. The van der Waals surface area contributed by atoms with Crippen molar-refractivity contribution in [1.82, 2.24) is 35.1 Å². The lowest BCUT2D eigenvalue weighted by Crippen LogP contribution is -2.63. The highest BCUT2D eigenvalue weighted by atomic mass is 16.5. The molecule has 2 aromatic carbocycles. The molecule has 66 heavy (non-hydrogen) atoms. The molecule has 4 amide bonds. The van der Waals surface area contributed by atoms with Gasteiger partial charge >= 0.3 is 5.97 Å². The van der Waals surface area contributed by atoms with Crippen LogP contribution in [0.1, 0.15) is 69.8 Å². The number of ether oxygens (including phenoxy) is 3. The molecule has 15 nitrogen and oxygen atoms in total. The maximum Gasteiger partial charge on any atom is 0.324 e. The second-order valence-electron chi connectivity index (χ2n) is 19.0. The number of hydrazine groups is 1. The van der Waals surface area contributed by atoms with E-state index in [9.17, 15) is 24.0 Å². The average Bonchev–Trinajstić information content (AvgIpc) is 3.93. The number of amides is 4. The summed E-state index contributed by atoms with van der Waals surface area (Å²) in [6.45, 7) is 14.3. The average molecular weight is 902 g/mol. The molecule has 0 saturated carbocycles. The molecule has 3 fully saturated rings. The van der Waals surface area contributed by atoms with E-state index >= 15 is 0 Å². The van der Waals surface area contributed by atoms with E-state index in [0.29, 0.717) is 45.3 Å². The number of likely N-dealkylation sites (tertiary alicyclic amines) is 1. The monoisotopic (exact) mass is 901 g/mol. The van der Waals surface area contributed by atoms with Gasteiger partial charge in [-0.05, 0) is 86.1 Å². The normalized spacial score (nSPS) is 22.2. The van der Waals surface area contributed by atoms with E-state index in [1.54, 1.807) is 19.1 Å². The number of likely N-dealkylation sites (N-methyl/N-ethyl adjacent to an activating group) is 1. The summed E-state index contributed by atoms with van der Waals surface area (Å²) in [7, 11) is 3.31. The van der Waals surface area contributed by atoms with Crippen LogP contribution in [0.15, 0.2) is 73.6 Å². The Kier molecular flexibility index (Phi) is 13.8. The van der Waals surface area contributed by atoms with Crippen LogP contribution in [0.4, 0.5) is 0 Å². The third-order valence-corrected chi connectivity index (χ3v) is 13.9. The van der Waals surface area contributed by atoms with Crippen LogP contribution in [0, 0.1) is 17.3 Å². The van der Waals surface area contributed by atoms with Crippen molar-refractivity contribution in [3.05, 3.63) is 90.3 Å². The minimum Gasteiger partial charge on any atom is -0.464 e. The summed E-state index contributed by atoms with van der Waals surface area (Å²) in [5.41, 5.74) is 10.7. The number of nitrogens with one attached hydrogen (secondary N) is 2. The van der Waals surface area contributed by atoms with Crippen LogP contribution in [0.5, 0.6) is 0 Å². The number of benzene rings is 2. The fraction of sp³-hybridized carbons (Fsp3) is 0.490. The zero-order valence-electron chi connectivity index (χ0n) is 39.0. The Balaban J connectivity index is 1.18. The molecule has 2 aromatic heterocycles. The minimum atomic E-state index is -1.06. The van der Waals surface area contributed by atoms with E-state index < -0.39 is 47.2 Å². The van der Waals surface area contributed by atoms with E-state index in [0.717, 1.165) is 50.0 Å². The summed E-state index contributed by atoms with van der Waals surface area (Å²) in [5, 5.41) is 5.59. The van der Waals surface area contributed by atoms with Gasteiger partial charge in [-0.1, -0.05) is 50.8 Å². The van der Waals surface area contributed by atoms with E-state index in [-0.39, 0.29) is 56.6 Å². The number of esters is 1. The third kappa shape index (κ3) is 9.38. The molecule has 6 heterocycles. The smallest absolute Gasteiger partial charge is 0.324 e. The summed E-state index contributed by atoms with van der Waals surface area (Å²) in [5.74, 6) is -2.60. The molecule has 0 spiro atoms. The first-order valence-corrected chi connectivity index (χ1v) is 23.2. The van der Waals surface area contributed by atoms with Gasteiger partial charge in [-0.15, -0.1) is 0 Å². The molecule has 0 radical (unpaired) electrons. The number of pyridine rings is 1. The maximum absolute atomic E-state index is 14.7. The van der Waals surface area contributed by atoms with Crippen molar-refractivity contribution in [2.45, 2.75) is 90.6 Å². The van der Waals surface area contributed by atoms with Crippen molar-refractivity contribution < 1.29 is 38.2 Å². The quantitative estimate of drug-likeness (QED) is 0.159. The number of hydrogen-bond donors (Lipinski definition) is 2. The number of aryl methyl sites for hydroxylation is 1. The van der Waals surface area contributed by atoms with Crippen molar-refractivity contribution in [2.75, 3.05) is 53.6 Å². The van der Waals surface area contributed by atoms with Crippen LogP contribution < -0.4 is 10.7 Å². The summed E-state index contributed by atoms with van der Waals surface area (Å²) in [6.07, 6.45) is 6.93. The van der Waals surface area contributed by atoms with Gasteiger partial charge in [0.05, 0.1) is 37.5 Å². The number of carbonyl (C=O) groups is 5. The van der Waals surface area contributed by atoms with Crippen LogP contribution in [-0.2, 0) is 57.6 Å². The van der Waals surface area contributed by atoms with Gasteiger partial charge in [-0.25, -0.2) is 5.43 Å². The molecule has 4 aliphatic rings. The summed E-state index contributed by atoms with van der Waals surface area (Å²) in [4.78, 5) is 77.2. The van der Waals surface area contributed by atoms with E-state index in [4.69, 9.17) is 14.2 Å². The predicted octanol–water partition coefficient (Wildman–Crippen LogP) is 5.25. The highest BCUT2D eigenvalue weighted by Gasteiger charge is 2.44. The van der Waals surface area contributed by atoms with Crippen LogP contribution in [0.25, 0.3) is 33.3 Å². The second-order valence-corrected chi connectivity index (χ2v) is 19.0. The summed E-state index contributed by atoms with van der Waals surface area (Å²) in [6, 6.07) is 13.8. The number of aromatic nitrogens is 2. The number of carbonyl (C=O) groups excluding carboxylic acids is 5. The highest BCUT2D eigenvalue weighted by molar-refractivity contribution is 5.96. The zero-order valence-corrected chi connectivity index (χ0v) is 39.0. The van der Waals surface area contributed by atoms with Gasteiger partial charge in [0.1, 0.15) is 18.1 Å². The molecule has 4 aromatic rings. The van der Waals surface area contributed by atoms with Crippen molar-refractivity contribution in [2.24, 2.45) is 17.3 Å². The Labute approximate surface area is 386 Å². The first-order valence-electron chi connectivity index (χ1n) is 23.2. The summed E-state index contributed by atoms with van der Waals surface area (Å²) < 4.78 is 19.8. The highest BCUT2D eigenvalue weighted by Crippen LogP contribution is 2.42. The fourth-order valence-electron chi connectivity index (χ4n) is 10.1. The number of methoxy groups -OCH3 is 1. The zero-order chi connectivity index (χ0) is 46.9. The lowest BCUT2D eigenvalue weighted by molar-refractivity contribution is -0.156. The van der Waals surface area contributed by atoms with Crippen LogP contribution >= 0.6 is 0 Å². The number of nitrogens with zero attached hydrogens (tertiary/aromatic N) is 5. The molecule has 5 atom stereocenters. The van der Waals surface area contributed by atoms with Crippen molar-refractivity contribution >= 4 is 40.5 Å². The van der Waals surface area contributed by atoms with Gasteiger partial charge in [-0.3, -0.25) is 34.0 Å². The third-order valence-electron chi connectivity index (χ3n) is 13.9. The Morgan fingerprint density at radius 2 is 1.88 bits per heavy atom. The van der Waals surface area contributed by atoms with Crippen molar-refractivity contribution in [1.29, 1.82) is 0 Å². The van der Waals surface area contributed by atoms with Gasteiger partial charge in [0.25, 0.3) is 5.91 Å². The molecular formula is C51H63N7O8. The maximum atomic E-state index is 14.7. The van der Waals surface area contributed by atoms with Crippen LogP contribution in [-0.4, -0.2) is 126 Å². The Morgan fingerprint density at radius 3 is 2.61 bits per heavy atom. The predicted molar refractivity (Wildman–Crippen MR) is 249 cm³/mol. The number of fused-ring (bicyclic) bond motifs is 6. The van der Waals surface area contributed by atoms with Gasteiger partial charge < -0.3 is 33.9 Å². The molecular weight excluding hydrogens is 839 g/mol. The first-order chi connectivity index (χ1) is 31.7. The molecule has 8 rings (SSSR count). The number of hydrogen-bond acceptors (Lipinski definition) is 10. The number of rotatable bonds is 10. The molecule has 15 heteroatoms. The molecule has 350 valence electrons. The minimum absolute atomic E-state index is 0.135. The Bertz CT molecular complexity index is 2510. The second kappa shape index (κ2) is 19.5. The molecule has 6 bridgehead atoms. The topological polar surface area (TPSA) is 165 Å². The van der Waals surface area contributed by atoms with Gasteiger partial charge in [0, 0.05) is 92.5 Å². The molecule has 0 aliphatic carbocycles. The van der Waals surface area contributed by atoms with Crippen molar-refractivity contribution in [3.63, 3.8) is 0 Å². The molecule has 0 unspecified atom stereocenters.